The summed E-state index contributed by atoms with van der Waals surface area (Å²) in [6.07, 6.45) is 1.60. The number of amides is 2. The summed E-state index contributed by atoms with van der Waals surface area (Å²) in [6, 6.07) is 18.7. The van der Waals surface area contributed by atoms with Crippen molar-refractivity contribution in [3.8, 4) is 5.75 Å². The fourth-order valence-electron chi connectivity index (χ4n) is 3.35. The van der Waals surface area contributed by atoms with Gasteiger partial charge in [0.2, 0.25) is 0 Å². The molecule has 1 aliphatic heterocycles. The van der Waals surface area contributed by atoms with Crippen LogP contribution in [0.15, 0.2) is 76.2 Å². The quantitative estimate of drug-likeness (QED) is 0.515. The average molecular weight is 420 g/mol. The lowest BCUT2D eigenvalue weighted by molar-refractivity contribution is -0.137. The number of nitrogens with zero attached hydrogens (tertiary/aromatic N) is 1. The van der Waals surface area contributed by atoms with E-state index in [1.807, 2.05) is 61.5 Å². The van der Waals surface area contributed by atoms with Crippen LogP contribution in [0.5, 0.6) is 5.75 Å². The molecule has 5 nitrogen and oxygen atoms in total. The first-order chi connectivity index (χ1) is 14.6. The van der Waals surface area contributed by atoms with Gasteiger partial charge in [-0.3, -0.25) is 14.5 Å². The lowest BCUT2D eigenvalue weighted by atomic mass is 10.0. The Hall–Kier alpha value is -3.25. The monoisotopic (exact) mass is 419 g/mol. The maximum Gasteiger partial charge on any atom is 0.268 e. The van der Waals surface area contributed by atoms with Crippen LogP contribution in [-0.4, -0.2) is 23.8 Å². The molecule has 2 heterocycles. The molecule has 0 radical (unpaired) electrons. The molecule has 0 unspecified atom stereocenters. The van der Waals surface area contributed by atoms with Gasteiger partial charge < -0.3 is 9.15 Å². The van der Waals surface area contributed by atoms with Crippen LogP contribution in [0.4, 0.5) is 0 Å². The van der Waals surface area contributed by atoms with Crippen LogP contribution in [0.1, 0.15) is 22.5 Å². The Kier molecular flexibility index (Phi) is 5.77. The Labute approximate surface area is 179 Å². The summed E-state index contributed by atoms with van der Waals surface area (Å²) < 4.78 is 10.8. The van der Waals surface area contributed by atoms with E-state index >= 15 is 0 Å². The van der Waals surface area contributed by atoms with E-state index in [0.717, 1.165) is 22.5 Å². The lowest BCUT2D eigenvalue weighted by Crippen LogP contribution is -2.31. The molecule has 0 saturated heterocycles. The average Bonchev–Trinajstić information content (AvgIpc) is 3.36. The molecule has 0 fully saturated rings. The van der Waals surface area contributed by atoms with Gasteiger partial charge in [-0.05, 0) is 30.7 Å². The summed E-state index contributed by atoms with van der Waals surface area (Å²) >= 11 is 1.33. The molecule has 0 aliphatic carbocycles. The molecule has 0 N–H and O–H groups in total. The van der Waals surface area contributed by atoms with Gasteiger partial charge in [0, 0.05) is 5.56 Å². The maximum atomic E-state index is 13.3. The van der Waals surface area contributed by atoms with Crippen molar-refractivity contribution in [1.29, 1.82) is 0 Å². The van der Waals surface area contributed by atoms with Gasteiger partial charge in [-0.1, -0.05) is 48.0 Å². The van der Waals surface area contributed by atoms with E-state index in [4.69, 9.17) is 9.15 Å². The van der Waals surface area contributed by atoms with Crippen molar-refractivity contribution in [3.05, 3.63) is 94.3 Å². The van der Waals surface area contributed by atoms with Crippen LogP contribution in [-0.2, 0) is 21.9 Å². The lowest BCUT2D eigenvalue weighted by Gasteiger charge is -2.17. The second-order valence-corrected chi connectivity index (χ2v) is 7.93. The molecular formula is C24H21NO4S. The van der Waals surface area contributed by atoms with Crippen LogP contribution in [0.3, 0.4) is 0 Å². The number of furan rings is 1. The van der Waals surface area contributed by atoms with Crippen molar-refractivity contribution in [1.82, 2.24) is 4.90 Å². The van der Waals surface area contributed by atoms with Gasteiger partial charge >= 0.3 is 0 Å². The Morgan fingerprint density at radius 2 is 1.73 bits per heavy atom. The first-order valence-corrected chi connectivity index (χ1v) is 10.5. The summed E-state index contributed by atoms with van der Waals surface area (Å²) in [6.45, 7) is 2.14. The van der Waals surface area contributed by atoms with Gasteiger partial charge in [0.15, 0.2) is 0 Å². The molecular weight excluding hydrogens is 398 g/mol. The van der Waals surface area contributed by atoms with Crippen LogP contribution in [0.2, 0.25) is 0 Å². The number of methoxy groups -OCH3 is 1. The number of para-hydroxylation sites is 1. The molecule has 0 spiro atoms. The highest BCUT2D eigenvalue weighted by Crippen LogP contribution is 2.38. The maximum absolute atomic E-state index is 13.3. The fraction of sp³-hybridized carbons (Fsp3) is 0.167. The molecule has 0 saturated carbocycles. The van der Waals surface area contributed by atoms with Gasteiger partial charge in [0.25, 0.3) is 11.8 Å². The van der Waals surface area contributed by atoms with Crippen molar-refractivity contribution < 1.29 is 18.7 Å². The van der Waals surface area contributed by atoms with Gasteiger partial charge in [-0.2, -0.15) is 0 Å². The predicted molar refractivity (Wildman–Crippen MR) is 117 cm³/mol. The summed E-state index contributed by atoms with van der Waals surface area (Å²) in [4.78, 5) is 28.4. The fourth-order valence-corrected chi connectivity index (χ4v) is 4.38. The third kappa shape index (κ3) is 3.91. The second kappa shape index (κ2) is 8.63. The largest absolute Gasteiger partial charge is 0.496 e. The summed E-state index contributed by atoms with van der Waals surface area (Å²) in [7, 11) is 1.58. The minimum absolute atomic E-state index is 0.155. The van der Waals surface area contributed by atoms with Crippen LogP contribution in [0.25, 0.3) is 5.57 Å². The summed E-state index contributed by atoms with van der Waals surface area (Å²) in [5.41, 5.74) is 3.05. The molecule has 1 aliphatic rings. The van der Waals surface area contributed by atoms with Crippen molar-refractivity contribution in [2.24, 2.45) is 0 Å². The number of benzene rings is 2. The number of imide groups is 1. The van der Waals surface area contributed by atoms with Gasteiger partial charge in [-0.15, -0.1) is 11.8 Å². The van der Waals surface area contributed by atoms with Crippen molar-refractivity contribution in [3.63, 3.8) is 0 Å². The standard InChI is InChI=1S/C24H21NO4S/c1-16-9-11-17(12-10-16)21-22(30-15-19-7-5-13-29-19)24(27)25(23(21)26)14-18-6-3-4-8-20(18)28-2/h3-13H,14-15H2,1-2H3. The Morgan fingerprint density at radius 1 is 0.967 bits per heavy atom. The highest BCUT2D eigenvalue weighted by molar-refractivity contribution is 8.03. The number of thioether (sulfide) groups is 1. The van der Waals surface area contributed by atoms with Crippen LogP contribution in [0, 0.1) is 6.92 Å². The van der Waals surface area contributed by atoms with E-state index in [1.165, 1.54) is 16.7 Å². The van der Waals surface area contributed by atoms with E-state index in [2.05, 4.69) is 0 Å². The predicted octanol–water partition coefficient (Wildman–Crippen LogP) is 4.81. The molecule has 6 heteroatoms. The molecule has 1 aromatic heterocycles. The van der Waals surface area contributed by atoms with Crippen LogP contribution < -0.4 is 4.74 Å². The number of hydrogen-bond donors (Lipinski definition) is 0. The SMILES string of the molecule is COc1ccccc1CN1C(=O)C(SCc2ccco2)=C(c2ccc(C)cc2)C1=O. The number of ether oxygens (including phenoxy) is 1. The topological polar surface area (TPSA) is 59.8 Å². The van der Waals surface area contributed by atoms with Gasteiger partial charge in [0.05, 0.1) is 36.1 Å². The first kappa shape index (κ1) is 20.0. The van der Waals surface area contributed by atoms with Gasteiger partial charge in [0.1, 0.15) is 11.5 Å². The molecule has 152 valence electrons. The smallest absolute Gasteiger partial charge is 0.268 e. The zero-order chi connectivity index (χ0) is 21.1. The minimum atomic E-state index is -0.295. The summed E-state index contributed by atoms with van der Waals surface area (Å²) in [5, 5.41) is 0. The minimum Gasteiger partial charge on any atom is -0.496 e. The highest BCUT2D eigenvalue weighted by atomic mass is 32.2. The molecule has 2 amide bonds. The molecule has 30 heavy (non-hydrogen) atoms. The first-order valence-electron chi connectivity index (χ1n) is 9.53. The second-order valence-electron chi connectivity index (χ2n) is 6.95. The van der Waals surface area contributed by atoms with E-state index in [1.54, 1.807) is 19.4 Å². The van der Waals surface area contributed by atoms with E-state index in [9.17, 15) is 9.59 Å². The normalized spacial score (nSPS) is 14.0. The molecule has 3 aromatic rings. The third-order valence-electron chi connectivity index (χ3n) is 4.93. The number of carbonyl (C=O) groups excluding carboxylic acids is 2. The Morgan fingerprint density at radius 3 is 2.43 bits per heavy atom. The third-order valence-corrected chi connectivity index (χ3v) is 6.02. The highest BCUT2D eigenvalue weighted by Gasteiger charge is 2.39. The van der Waals surface area contributed by atoms with Crippen molar-refractivity contribution in [2.75, 3.05) is 7.11 Å². The Balaban J connectivity index is 1.68. The number of rotatable bonds is 7. The molecule has 2 aromatic carbocycles. The number of carbonyl (C=O) groups is 2. The van der Waals surface area contributed by atoms with Gasteiger partial charge in [-0.25, -0.2) is 0 Å². The van der Waals surface area contributed by atoms with Crippen molar-refractivity contribution >= 4 is 29.1 Å². The molecule has 4 rings (SSSR count). The molecule has 0 atom stereocenters. The Bertz CT molecular complexity index is 1100. The van der Waals surface area contributed by atoms with Crippen LogP contribution >= 0.6 is 11.8 Å². The number of aryl methyl sites for hydroxylation is 1. The van der Waals surface area contributed by atoms with E-state index in [-0.39, 0.29) is 18.4 Å². The molecule has 0 bridgehead atoms. The van der Waals surface area contributed by atoms with E-state index in [0.29, 0.717) is 22.0 Å². The number of hydrogen-bond acceptors (Lipinski definition) is 5. The zero-order valence-electron chi connectivity index (χ0n) is 16.8. The van der Waals surface area contributed by atoms with E-state index < -0.39 is 0 Å². The summed E-state index contributed by atoms with van der Waals surface area (Å²) in [5.74, 6) is 1.28. The van der Waals surface area contributed by atoms with Crippen molar-refractivity contribution in [2.45, 2.75) is 19.2 Å². The zero-order valence-corrected chi connectivity index (χ0v) is 17.6.